The van der Waals surface area contributed by atoms with Gasteiger partial charge in [-0.3, -0.25) is 0 Å². The Morgan fingerprint density at radius 3 is 3.00 bits per heavy atom. The van der Waals surface area contributed by atoms with Gasteiger partial charge < -0.3 is 5.32 Å². The summed E-state index contributed by atoms with van der Waals surface area (Å²) in [5, 5.41) is 8.17. The van der Waals surface area contributed by atoms with Gasteiger partial charge >= 0.3 is 0 Å². The van der Waals surface area contributed by atoms with Crippen molar-refractivity contribution >= 4 is 11.3 Å². The number of thiophene rings is 1. The van der Waals surface area contributed by atoms with Crippen LogP contribution in [0.25, 0.3) is 0 Å². The van der Waals surface area contributed by atoms with Crippen molar-refractivity contribution in [2.45, 2.75) is 51.6 Å². The molecule has 3 unspecified atom stereocenters. The van der Waals surface area contributed by atoms with Gasteiger partial charge in [0.25, 0.3) is 0 Å². The number of hydrogen-bond acceptors (Lipinski definition) is 2. The van der Waals surface area contributed by atoms with Crippen LogP contribution >= 0.6 is 11.3 Å². The van der Waals surface area contributed by atoms with Gasteiger partial charge in [0, 0.05) is 12.1 Å². The monoisotopic (exact) mass is 223 g/mol. The van der Waals surface area contributed by atoms with Gasteiger partial charge in [0.05, 0.1) is 0 Å². The lowest BCUT2D eigenvalue weighted by atomic mass is 10.1. The molecule has 0 radical (unpaired) electrons. The van der Waals surface area contributed by atoms with E-state index in [0.717, 1.165) is 12.0 Å². The lowest BCUT2D eigenvalue weighted by molar-refractivity contribution is 0.438. The molecule has 2 rings (SSSR count). The van der Waals surface area contributed by atoms with Crippen LogP contribution in [0, 0.1) is 5.92 Å². The van der Waals surface area contributed by atoms with E-state index >= 15 is 0 Å². The first-order valence-electron chi connectivity index (χ1n) is 6.07. The molecule has 3 atom stereocenters. The van der Waals surface area contributed by atoms with Gasteiger partial charge in [-0.2, -0.15) is 11.3 Å². The summed E-state index contributed by atoms with van der Waals surface area (Å²) in [6, 6.07) is 3.51. The summed E-state index contributed by atoms with van der Waals surface area (Å²) in [6.45, 7) is 4.59. The second-order valence-electron chi connectivity index (χ2n) is 4.73. The zero-order chi connectivity index (χ0) is 10.7. The Morgan fingerprint density at radius 1 is 1.53 bits per heavy atom. The summed E-state index contributed by atoms with van der Waals surface area (Å²) in [6.07, 6.45) is 5.52. The molecule has 1 aromatic heterocycles. The minimum absolute atomic E-state index is 0.525. The van der Waals surface area contributed by atoms with Gasteiger partial charge in [0.2, 0.25) is 0 Å². The predicted octanol–water partition coefficient (Wildman–Crippen LogP) is 3.98. The highest BCUT2D eigenvalue weighted by molar-refractivity contribution is 7.07. The Bertz CT molecular complexity index is 281. The molecule has 1 nitrogen and oxygen atoms in total. The molecule has 1 aliphatic rings. The maximum Gasteiger partial charge on any atom is 0.0302 e. The average molecular weight is 223 g/mol. The molecule has 84 valence electrons. The smallest absolute Gasteiger partial charge is 0.0302 e. The van der Waals surface area contributed by atoms with Crippen molar-refractivity contribution in [1.82, 2.24) is 5.32 Å². The van der Waals surface area contributed by atoms with Crippen molar-refractivity contribution in [2.75, 3.05) is 0 Å². The third-order valence-electron chi connectivity index (χ3n) is 3.65. The molecule has 0 aromatic carbocycles. The number of nitrogens with one attached hydrogen (secondary N) is 1. The van der Waals surface area contributed by atoms with Gasteiger partial charge in [-0.1, -0.05) is 13.3 Å². The first-order valence-corrected chi connectivity index (χ1v) is 7.02. The van der Waals surface area contributed by atoms with Crippen molar-refractivity contribution in [3.8, 4) is 0 Å². The zero-order valence-corrected chi connectivity index (χ0v) is 10.5. The average Bonchev–Trinajstić information content (AvgIpc) is 2.87. The van der Waals surface area contributed by atoms with E-state index in [-0.39, 0.29) is 0 Å². The third kappa shape index (κ3) is 2.82. The molecule has 1 fully saturated rings. The minimum Gasteiger partial charge on any atom is -0.307 e. The maximum absolute atomic E-state index is 3.75. The van der Waals surface area contributed by atoms with E-state index in [1.165, 1.54) is 31.2 Å². The molecule has 1 aromatic rings. The van der Waals surface area contributed by atoms with E-state index in [4.69, 9.17) is 0 Å². The zero-order valence-electron chi connectivity index (χ0n) is 9.70. The molecule has 0 amide bonds. The van der Waals surface area contributed by atoms with E-state index in [1.807, 2.05) is 0 Å². The van der Waals surface area contributed by atoms with Gasteiger partial charge in [0.15, 0.2) is 0 Å². The van der Waals surface area contributed by atoms with Crippen molar-refractivity contribution in [3.63, 3.8) is 0 Å². The summed E-state index contributed by atoms with van der Waals surface area (Å²) < 4.78 is 0. The van der Waals surface area contributed by atoms with Crippen LogP contribution in [0.5, 0.6) is 0 Å². The Morgan fingerprint density at radius 2 is 2.40 bits per heavy atom. The molecule has 1 aliphatic carbocycles. The molecule has 15 heavy (non-hydrogen) atoms. The van der Waals surface area contributed by atoms with Gasteiger partial charge in [0.1, 0.15) is 0 Å². The Hall–Kier alpha value is -0.340. The standard InChI is InChI=1S/C13H21NS/c1-3-11-4-5-13(8-11)14-10(2)12-6-7-15-9-12/h6-7,9-11,13-14H,3-5,8H2,1-2H3. The van der Waals surface area contributed by atoms with E-state index < -0.39 is 0 Å². The molecule has 1 N–H and O–H groups in total. The van der Waals surface area contributed by atoms with Crippen LogP contribution in [0.15, 0.2) is 16.8 Å². The predicted molar refractivity (Wildman–Crippen MR) is 67.3 cm³/mol. The molecule has 0 saturated heterocycles. The Labute approximate surface area is 96.9 Å². The largest absolute Gasteiger partial charge is 0.307 e. The van der Waals surface area contributed by atoms with E-state index in [0.29, 0.717) is 6.04 Å². The van der Waals surface area contributed by atoms with Crippen molar-refractivity contribution in [3.05, 3.63) is 22.4 Å². The molecule has 0 bridgehead atoms. The van der Waals surface area contributed by atoms with Gasteiger partial charge in [-0.05, 0) is 54.5 Å². The quantitative estimate of drug-likeness (QED) is 0.814. The van der Waals surface area contributed by atoms with Crippen LogP contribution in [0.3, 0.4) is 0 Å². The molecule has 1 heterocycles. The maximum atomic E-state index is 3.75. The number of hydrogen-bond donors (Lipinski definition) is 1. The molecule has 0 spiro atoms. The Kier molecular flexibility index (Phi) is 3.81. The highest BCUT2D eigenvalue weighted by Gasteiger charge is 2.24. The molecule has 1 saturated carbocycles. The highest BCUT2D eigenvalue weighted by atomic mass is 32.1. The summed E-state index contributed by atoms with van der Waals surface area (Å²) in [5.74, 6) is 0.970. The van der Waals surface area contributed by atoms with Gasteiger partial charge in [-0.25, -0.2) is 0 Å². The van der Waals surface area contributed by atoms with Gasteiger partial charge in [-0.15, -0.1) is 0 Å². The summed E-state index contributed by atoms with van der Waals surface area (Å²) >= 11 is 1.79. The molecular weight excluding hydrogens is 202 g/mol. The minimum atomic E-state index is 0.525. The fraction of sp³-hybridized carbons (Fsp3) is 0.692. The van der Waals surface area contributed by atoms with Crippen LogP contribution in [-0.4, -0.2) is 6.04 Å². The van der Waals surface area contributed by atoms with Crippen molar-refractivity contribution in [2.24, 2.45) is 5.92 Å². The SMILES string of the molecule is CCC1CCC(NC(C)c2ccsc2)C1. The normalized spacial score (nSPS) is 28.1. The van der Waals surface area contributed by atoms with Crippen molar-refractivity contribution in [1.29, 1.82) is 0 Å². The second-order valence-corrected chi connectivity index (χ2v) is 5.51. The van der Waals surface area contributed by atoms with Crippen LogP contribution < -0.4 is 5.32 Å². The van der Waals surface area contributed by atoms with Crippen LogP contribution in [0.4, 0.5) is 0 Å². The summed E-state index contributed by atoms with van der Waals surface area (Å²) in [7, 11) is 0. The Balaban J connectivity index is 1.83. The highest BCUT2D eigenvalue weighted by Crippen LogP contribution is 2.29. The lowest BCUT2D eigenvalue weighted by Gasteiger charge is -2.18. The van der Waals surface area contributed by atoms with E-state index in [1.54, 1.807) is 11.3 Å². The fourth-order valence-electron chi connectivity index (χ4n) is 2.57. The summed E-state index contributed by atoms with van der Waals surface area (Å²) in [4.78, 5) is 0. The first-order chi connectivity index (χ1) is 7.29. The molecule has 2 heteroatoms. The van der Waals surface area contributed by atoms with E-state index in [2.05, 4.69) is 36.0 Å². The molecular formula is C13H21NS. The fourth-order valence-corrected chi connectivity index (χ4v) is 3.32. The number of rotatable bonds is 4. The topological polar surface area (TPSA) is 12.0 Å². The summed E-state index contributed by atoms with van der Waals surface area (Å²) in [5.41, 5.74) is 1.44. The molecule has 0 aliphatic heterocycles. The first kappa shape index (κ1) is 11.2. The second kappa shape index (κ2) is 5.13. The third-order valence-corrected chi connectivity index (χ3v) is 4.35. The van der Waals surface area contributed by atoms with Crippen molar-refractivity contribution < 1.29 is 0 Å². The van der Waals surface area contributed by atoms with E-state index in [9.17, 15) is 0 Å². The van der Waals surface area contributed by atoms with Crippen LogP contribution in [0.2, 0.25) is 0 Å². The lowest BCUT2D eigenvalue weighted by Crippen LogP contribution is -2.29. The van der Waals surface area contributed by atoms with Crippen LogP contribution in [-0.2, 0) is 0 Å². The van der Waals surface area contributed by atoms with Crippen LogP contribution in [0.1, 0.15) is 51.1 Å².